The van der Waals surface area contributed by atoms with Crippen LogP contribution in [0.5, 0.6) is 0 Å². The molecular weight excluding hydrogens is 192 g/mol. The quantitative estimate of drug-likeness (QED) is 0.755. The van der Waals surface area contributed by atoms with E-state index in [2.05, 4.69) is 17.2 Å². The number of hydrogen-bond acceptors (Lipinski definition) is 3. The molecule has 15 heavy (non-hydrogen) atoms. The van der Waals surface area contributed by atoms with E-state index < -0.39 is 5.76 Å². The van der Waals surface area contributed by atoms with Gasteiger partial charge in [-0.1, -0.05) is 13.3 Å². The fourth-order valence-electron chi connectivity index (χ4n) is 1.47. The number of aromatic nitrogens is 1. The molecule has 0 spiro atoms. The Morgan fingerprint density at radius 2 is 2.33 bits per heavy atom. The van der Waals surface area contributed by atoms with Crippen molar-refractivity contribution in [3.63, 3.8) is 0 Å². The smallest absolute Gasteiger partial charge is 0.408 e. The summed E-state index contributed by atoms with van der Waals surface area (Å²) >= 11 is 0. The minimum Gasteiger partial charge on any atom is -0.408 e. The first-order chi connectivity index (χ1) is 7.29. The van der Waals surface area contributed by atoms with E-state index in [-0.39, 0.29) is 0 Å². The maximum absolute atomic E-state index is 10.9. The van der Waals surface area contributed by atoms with Crippen LogP contribution in [-0.4, -0.2) is 11.5 Å². The van der Waals surface area contributed by atoms with Crippen molar-refractivity contribution in [2.45, 2.75) is 19.8 Å². The Labute approximate surface area is 87.3 Å². The molecule has 1 aromatic heterocycles. The van der Waals surface area contributed by atoms with Crippen molar-refractivity contribution in [1.29, 1.82) is 0 Å². The van der Waals surface area contributed by atoms with Crippen LogP contribution in [0.4, 0.5) is 5.69 Å². The number of unbranched alkanes of at least 4 members (excludes halogenated alkanes) is 1. The molecule has 0 saturated heterocycles. The van der Waals surface area contributed by atoms with E-state index >= 15 is 0 Å². The van der Waals surface area contributed by atoms with E-state index in [1.807, 2.05) is 12.1 Å². The number of nitrogens with one attached hydrogen (secondary N) is 2. The summed E-state index contributed by atoms with van der Waals surface area (Å²) in [7, 11) is 0. The minimum atomic E-state index is -0.407. The van der Waals surface area contributed by atoms with Crippen LogP contribution in [0.25, 0.3) is 11.1 Å². The number of H-pyrrole nitrogens is 1. The van der Waals surface area contributed by atoms with Crippen LogP contribution in [0.2, 0.25) is 0 Å². The molecule has 1 aromatic carbocycles. The van der Waals surface area contributed by atoms with Gasteiger partial charge in [0, 0.05) is 12.2 Å². The summed E-state index contributed by atoms with van der Waals surface area (Å²) in [6.45, 7) is 3.10. The van der Waals surface area contributed by atoms with Crippen molar-refractivity contribution in [2.24, 2.45) is 0 Å². The molecular formula is C11H14N2O2. The number of benzene rings is 1. The molecule has 2 N–H and O–H groups in total. The number of anilines is 1. The van der Waals surface area contributed by atoms with Gasteiger partial charge < -0.3 is 9.73 Å². The number of oxazole rings is 1. The van der Waals surface area contributed by atoms with Gasteiger partial charge in [0.15, 0.2) is 5.58 Å². The zero-order chi connectivity index (χ0) is 10.7. The highest BCUT2D eigenvalue weighted by molar-refractivity contribution is 5.76. The van der Waals surface area contributed by atoms with Gasteiger partial charge in [-0.2, -0.15) is 0 Å². The summed E-state index contributed by atoms with van der Waals surface area (Å²) in [4.78, 5) is 13.5. The molecule has 0 radical (unpaired) electrons. The Hall–Kier alpha value is -1.71. The molecule has 0 unspecified atom stereocenters. The van der Waals surface area contributed by atoms with E-state index in [1.54, 1.807) is 6.07 Å². The van der Waals surface area contributed by atoms with Gasteiger partial charge >= 0.3 is 5.76 Å². The normalized spacial score (nSPS) is 10.7. The first-order valence-corrected chi connectivity index (χ1v) is 5.16. The standard InChI is InChI=1S/C11H14N2O2/c1-2-3-6-12-8-4-5-10-9(7-8)13-11(14)15-10/h4-5,7,12H,2-3,6H2,1H3,(H,13,14). The van der Waals surface area contributed by atoms with Gasteiger partial charge in [0.2, 0.25) is 0 Å². The highest BCUT2D eigenvalue weighted by atomic mass is 16.4. The average molecular weight is 206 g/mol. The van der Waals surface area contributed by atoms with Crippen LogP contribution in [0.15, 0.2) is 27.4 Å². The molecule has 0 aliphatic carbocycles. The van der Waals surface area contributed by atoms with Crippen molar-refractivity contribution in [1.82, 2.24) is 4.98 Å². The topological polar surface area (TPSA) is 58.0 Å². The van der Waals surface area contributed by atoms with Crippen molar-refractivity contribution < 1.29 is 4.42 Å². The van der Waals surface area contributed by atoms with E-state index in [4.69, 9.17) is 4.42 Å². The van der Waals surface area contributed by atoms with E-state index in [0.717, 1.165) is 30.6 Å². The highest BCUT2D eigenvalue weighted by Gasteiger charge is 2.00. The number of hydrogen-bond donors (Lipinski definition) is 2. The first-order valence-electron chi connectivity index (χ1n) is 5.16. The zero-order valence-corrected chi connectivity index (χ0v) is 8.67. The van der Waals surface area contributed by atoms with E-state index in [1.165, 1.54) is 0 Å². The molecule has 1 heterocycles. The van der Waals surface area contributed by atoms with E-state index in [9.17, 15) is 4.79 Å². The van der Waals surface area contributed by atoms with Crippen LogP contribution in [0, 0.1) is 0 Å². The number of rotatable bonds is 4. The van der Waals surface area contributed by atoms with Gasteiger partial charge in [0.05, 0.1) is 5.52 Å². The summed E-state index contributed by atoms with van der Waals surface area (Å²) in [5.74, 6) is -0.407. The molecule has 0 fully saturated rings. The predicted molar refractivity (Wildman–Crippen MR) is 60.2 cm³/mol. The third-order valence-corrected chi connectivity index (χ3v) is 2.28. The van der Waals surface area contributed by atoms with Gasteiger partial charge in [-0.05, 0) is 24.6 Å². The fraction of sp³-hybridized carbons (Fsp3) is 0.364. The molecule has 0 bridgehead atoms. The second kappa shape index (κ2) is 4.21. The van der Waals surface area contributed by atoms with Gasteiger partial charge in [-0.25, -0.2) is 4.79 Å². The summed E-state index contributed by atoms with van der Waals surface area (Å²) in [6.07, 6.45) is 2.30. The first kappa shape index (κ1) is 9.83. The summed E-state index contributed by atoms with van der Waals surface area (Å²) in [5, 5.41) is 3.28. The summed E-state index contributed by atoms with van der Waals surface area (Å²) < 4.78 is 4.91. The lowest BCUT2D eigenvalue weighted by Gasteiger charge is -2.04. The molecule has 2 aromatic rings. The van der Waals surface area contributed by atoms with Crippen LogP contribution in [-0.2, 0) is 0 Å². The lowest BCUT2D eigenvalue weighted by molar-refractivity contribution is 0.555. The fourth-order valence-corrected chi connectivity index (χ4v) is 1.47. The average Bonchev–Trinajstić information content (AvgIpc) is 2.57. The maximum Gasteiger partial charge on any atom is 0.417 e. The SMILES string of the molecule is CCCCNc1ccc2oc(=O)[nH]c2c1. The van der Waals surface area contributed by atoms with E-state index in [0.29, 0.717) is 5.58 Å². The molecule has 2 rings (SSSR count). The number of fused-ring (bicyclic) bond motifs is 1. The minimum absolute atomic E-state index is 0.407. The molecule has 80 valence electrons. The van der Waals surface area contributed by atoms with Gasteiger partial charge in [-0.3, -0.25) is 4.98 Å². The van der Waals surface area contributed by atoms with Crippen molar-refractivity contribution in [3.05, 3.63) is 28.7 Å². The summed E-state index contributed by atoms with van der Waals surface area (Å²) in [5.41, 5.74) is 2.34. The Morgan fingerprint density at radius 3 is 3.13 bits per heavy atom. The predicted octanol–water partition coefficient (Wildman–Crippen LogP) is 2.33. The van der Waals surface area contributed by atoms with Crippen molar-refractivity contribution in [3.8, 4) is 0 Å². The van der Waals surface area contributed by atoms with Crippen molar-refractivity contribution >= 4 is 16.8 Å². The maximum atomic E-state index is 10.9. The Balaban J connectivity index is 2.19. The van der Waals surface area contributed by atoms with Crippen LogP contribution >= 0.6 is 0 Å². The third kappa shape index (κ3) is 2.21. The molecule has 0 aliphatic heterocycles. The largest absolute Gasteiger partial charge is 0.417 e. The Bertz CT molecular complexity index is 499. The van der Waals surface area contributed by atoms with Gasteiger partial charge in [0.25, 0.3) is 0 Å². The lowest BCUT2D eigenvalue weighted by atomic mass is 10.2. The van der Waals surface area contributed by atoms with Gasteiger partial charge in [-0.15, -0.1) is 0 Å². The zero-order valence-electron chi connectivity index (χ0n) is 8.67. The highest BCUT2D eigenvalue weighted by Crippen LogP contribution is 2.15. The second-order valence-corrected chi connectivity index (χ2v) is 3.51. The molecule has 0 amide bonds. The molecule has 0 atom stereocenters. The lowest BCUT2D eigenvalue weighted by Crippen LogP contribution is -2.00. The monoisotopic (exact) mass is 206 g/mol. The third-order valence-electron chi connectivity index (χ3n) is 2.28. The van der Waals surface area contributed by atoms with Crippen LogP contribution < -0.4 is 11.1 Å². The molecule has 0 aliphatic rings. The number of aromatic amines is 1. The second-order valence-electron chi connectivity index (χ2n) is 3.51. The van der Waals surface area contributed by atoms with Crippen LogP contribution in [0.3, 0.4) is 0 Å². The van der Waals surface area contributed by atoms with Gasteiger partial charge in [0.1, 0.15) is 0 Å². The summed E-state index contributed by atoms with van der Waals surface area (Å²) in [6, 6.07) is 5.59. The molecule has 0 saturated carbocycles. The molecule has 4 heteroatoms. The Kier molecular flexibility index (Phi) is 2.76. The Morgan fingerprint density at radius 1 is 1.47 bits per heavy atom. The van der Waals surface area contributed by atoms with Crippen molar-refractivity contribution in [2.75, 3.05) is 11.9 Å². The molecule has 4 nitrogen and oxygen atoms in total. The van der Waals surface area contributed by atoms with Crippen LogP contribution in [0.1, 0.15) is 19.8 Å².